The van der Waals surface area contributed by atoms with Gasteiger partial charge in [0.1, 0.15) is 11.3 Å². The summed E-state index contributed by atoms with van der Waals surface area (Å²) in [7, 11) is 0. The van der Waals surface area contributed by atoms with Crippen LogP contribution in [0.3, 0.4) is 0 Å². The molecule has 27 heavy (non-hydrogen) atoms. The second kappa shape index (κ2) is 6.96. The van der Waals surface area contributed by atoms with Gasteiger partial charge in [-0.1, -0.05) is 48.5 Å². The summed E-state index contributed by atoms with van der Waals surface area (Å²) < 4.78 is 14.7. The number of benzene rings is 2. The highest BCUT2D eigenvalue weighted by molar-refractivity contribution is 7.06. The zero-order valence-electron chi connectivity index (χ0n) is 14.7. The molecule has 0 spiro atoms. The molecule has 0 unspecified atom stereocenters. The summed E-state index contributed by atoms with van der Waals surface area (Å²) in [4.78, 5) is 22.3. The van der Waals surface area contributed by atoms with E-state index in [-0.39, 0.29) is 0 Å². The van der Waals surface area contributed by atoms with Gasteiger partial charge in [-0.15, -0.1) is 0 Å². The number of carbonyl (C=O) groups excluding carboxylic acids is 2. The Bertz CT molecular complexity index is 972. The van der Waals surface area contributed by atoms with Gasteiger partial charge in [0.2, 0.25) is 0 Å². The largest absolute Gasteiger partial charge is 0.456 e. The molecule has 1 fully saturated rings. The number of nitrogens with zero attached hydrogens (tertiary/aromatic N) is 1. The number of hydrogen-bond donors (Lipinski definition) is 0. The fourth-order valence-electron chi connectivity index (χ4n) is 3.20. The minimum Gasteiger partial charge on any atom is -0.456 e. The van der Waals surface area contributed by atoms with Crippen LogP contribution in [-0.2, 0) is 19.9 Å². The van der Waals surface area contributed by atoms with Gasteiger partial charge in [-0.05, 0) is 48.0 Å². The quantitative estimate of drug-likeness (QED) is 0.566. The summed E-state index contributed by atoms with van der Waals surface area (Å²) in [5, 5.41) is 0. The van der Waals surface area contributed by atoms with Gasteiger partial charge >= 0.3 is 0 Å². The molecule has 4 rings (SSSR count). The van der Waals surface area contributed by atoms with Crippen molar-refractivity contribution in [1.82, 2.24) is 4.37 Å². The van der Waals surface area contributed by atoms with Crippen molar-refractivity contribution in [2.75, 3.05) is 0 Å². The van der Waals surface area contributed by atoms with E-state index in [1.165, 1.54) is 11.5 Å². The summed E-state index contributed by atoms with van der Waals surface area (Å²) in [6.07, 6.45) is 1.75. The molecular weight excluding hydrogens is 362 g/mol. The predicted octanol–water partition coefficient (Wildman–Crippen LogP) is 4.48. The van der Waals surface area contributed by atoms with E-state index in [2.05, 4.69) is 4.37 Å². The third kappa shape index (κ3) is 3.24. The summed E-state index contributed by atoms with van der Waals surface area (Å²) in [6.45, 7) is 2.83. The number of carbonyl (C=O) groups is 2. The maximum absolute atomic E-state index is 10.7. The number of aromatic nitrogens is 1. The molecule has 0 radical (unpaired) electrons. The Labute approximate surface area is 160 Å². The zero-order chi connectivity index (χ0) is 18.9. The molecule has 5 nitrogen and oxygen atoms in total. The van der Waals surface area contributed by atoms with Crippen molar-refractivity contribution in [3.05, 3.63) is 59.0 Å². The Kier molecular flexibility index (Phi) is 4.49. The van der Waals surface area contributed by atoms with Gasteiger partial charge in [-0.3, -0.25) is 9.59 Å². The topological polar surface area (TPSA) is 65.5 Å². The lowest BCUT2D eigenvalue weighted by Crippen LogP contribution is -2.10. The molecule has 0 atom stereocenters. The smallest absolute Gasteiger partial charge is 0.298 e. The molecule has 0 N–H and O–H groups in total. The molecule has 1 aliphatic rings. The van der Waals surface area contributed by atoms with Crippen molar-refractivity contribution in [3.63, 3.8) is 0 Å². The maximum atomic E-state index is 10.7. The van der Waals surface area contributed by atoms with Crippen LogP contribution in [0.25, 0.3) is 22.4 Å². The molecule has 0 amide bonds. The van der Waals surface area contributed by atoms with E-state index in [1.54, 1.807) is 0 Å². The predicted molar refractivity (Wildman–Crippen MR) is 102 cm³/mol. The molecule has 136 valence electrons. The minimum absolute atomic E-state index is 0.415. The van der Waals surface area contributed by atoms with Gasteiger partial charge in [-0.2, -0.15) is 4.37 Å². The standard InChI is InChI=1S/C21H17NO4S/c1-14-20(25-12-23)19(22-27-14)17-4-2-15(3-5-17)16-6-8-18(9-7-16)21(10-11-21)26-13-24/h2-9,12-13H,10-11H2,1H3. The Hall–Kier alpha value is -2.99. The van der Waals surface area contributed by atoms with Crippen LogP contribution in [0.1, 0.15) is 23.3 Å². The molecule has 0 bridgehead atoms. The van der Waals surface area contributed by atoms with Crippen LogP contribution in [0.5, 0.6) is 5.75 Å². The van der Waals surface area contributed by atoms with E-state index < -0.39 is 5.60 Å². The lowest BCUT2D eigenvalue weighted by molar-refractivity contribution is -0.136. The fraction of sp³-hybridized carbons (Fsp3) is 0.190. The summed E-state index contributed by atoms with van der Waals surface area (Å²) in [5.41, 5.74) is 4.33. The van der Waals surface area contributed by atoms with E-state index in [0.717, 1.165) is 40.0 Å². The van der Waals surface area contributed by atoms with Crippen LogP contribution in [0, 0.1) is 6.92 Å². The van der Waals surface area contributed by atoms with Gasteiger partial charge in [0.25, 0.3) is 12.9 Å². The summed E-state index contributed by atoms with van der Waals surface area (Å²) in [5.74, 6) is 0.511. The molecule has 0 saturated heterocycles. The second-order valence-electron chi connectivity index (χ2n) is 6.49. The first kappa shape index (κ1) is 17.4. The number of rotatable bonds is 7. The third-order valence-corrected chi connectivity index (χ3v) is 5.59. The maximum Gasteiger partial charge on any atom is 0.298 e. The molecule has 3 aromatic rings. The van der Waals surface area contributed by atoms with Crippen LogP contribution in [-0.4, -0.2) is 17.3 Å². The zero-order valence-corrected chi connectivity index (χ0v) is 15.5. The monoisotopic (exact) mass is 379 g/mol. The Morgan fingerprint density at radius 1 is 0.926 bits per heavy atom. The second-order valence-corrected chi connectivity index (χ2v) is 7.47. The first-order chi connectivity index (χ1) is 13.2. The van der Waals surface area contributed by atoms with Crippen molar-refractivity contribution >= 4 is 24.5 Å². The van der Waals surface area contributed by atoms with E-state index in [4.69, 9.17) is 9.47 Å². The van der Waals surface area contributed by atoms with Gasteiger partial charge in [0.05, 0.1) is 4.88 Å². The molecule has 2 aromatic carbocycles. The van der Waals surface area contributed by atoms with Crippen LogP contribution in [0.15, 0.2) is 48.5 Å². The Morgan fingerprint density at radius 3 is 2.07 bits per heavy atom. The van der Waals surface area contributed by atoms with Crippen molar-refractivity contribution in [1.29, 1.82) is 0 Å². The van der Waals surface area contributed by atoms with Gasteiger partial charge < -0.3 is 9.47 Å². The lowest BCUT2D eigenvalue weighted by atomic mass is 9.99. The van der Waals surface area contributed by atoms with Crippen LogP contribution < -0.4 is 4.74 Å². The van der Waals surface area contributed by atoms with E-state index in [9.17, 15) is 9.59 Å². The van der Waals surface area contributed by atoms with Crippen molar-refractivity contribution in [2.24, 2.45) is 0 Å². The highest BCUT2D eigenvalue weighted by atomic mass is 32.1. The first-order valence-electron chi connectivity index (χ1n) is 8.56. The normalized spacial score (nSPS) is 14.4. The van der Waals surface area contributed by atoms with E-state index in [0.29, 0.717) is 24.4 Å². The average molecular weight is 379 g/mol. The highest BCUT2D eigenvalue weighted by Gasteiger charge is 2.46. The molecule has 1 aliphatic carbocycles. The van der Waals surface area contributed by atoms with Crippen LogP contribution in [0.2, 0.25) is 0 Å². The minimum atomic E-state index is -0.415. The fourth-order valence-corrected chi connectivity index (χ4v) is 3.85. The van der Waals surface area contributed by atoms with E-state index >= 15 is 0 Å². The third-order valence-electron chi connectivity index (χ3n) is 4.86. The SMILES string of the molecule is Cc1snc(-c2ccc(-c3ccc(C4(OC=O)CC4)cc3)cc2)c1OC=O. The number of hydrogen-bond acceptors (Lipinski definition) is 6. The van der Waals surface area contributed by atoms with Gasteiger partial charge in [-0.25, -0.2) is 0 Å². The Balaban J connectivity index is 1.58. The first-order valence-corrected chi connectivity index (χ1v) is 9.33. The van der Waals surface area contributed by atoms with Crippen molar-refractivity contribution < 1.29 is 19.1 Å². The number of aryl methyl sites for hydroxylation is 1. The lowest BCUT2D eigenvalue weighted by Gasteiger charge is -2.14. The van der Waals surface area contributed by atoms with Crippen LogP contribution >= 0.6 is 11.5 Å². The molecule has 1 saturated carbocycles. The summed E-state index contributed by atoms with van der Waals surface area (Å²) in [6, 6.07) is 16.1. The molecule has 0 aliphatic heterocycles. The number of ether oxygens (including phenoxy) is 2. The van der Waals surface area contributed by atoms with Crippen molar-refractivity contribution in [3.8, 4) is 28.1 Å². The Morgan fingerprint density at radius 2 is 1.52 bits per heavy atom. The molecule has 1 aromatic heterocycles. The summed E-state index contributed by atoms with van der Waals surface area (Å²) >= 11 is 1.31. The van der Waals surface area contributed by atoms with Crippen molar-refractivity contribution in [2.45, 2.75) is 25.4 Å². The average Bonchev–Trinajstić information content (AvgIpc) is 3.40. The highest BCUT2D eigenvalue weighted by Crippen LogP contribution is 2.49. The molecular formula is C21H17NO4S. The van der Waals surface area contributed by atoms with Gasteiger partial charge in [0, 0.05) is 5.56 Å². The molecule has 6 heteroatoms. The van der Waals surface area contributed by atoms with Crippen LogP contribution in [0.4, 0.5) is 0 Å². The molecule has 1 heterocycles. The van der Waals surface area contributed by atoms with E-state index in [1.807, 2.05) is 55.5 Å². The van der Waals surface area contributed by atoms with Gasteiger partial charge in [0.15, 0.2) is 5.75 Å².